The van der Waals surface area contributed by atoms with Crippen LogP contribution in [-0.4, -0.2) is 0 Å². The molecule has 0 amide bonds. The van der Waals surface area contributed by atoms with Gasteiger partial charge in [0.05, 0.1) is 0 Å². The zero-order valence-electron chi connectivity index (χ0n) is 8.35. The van der Waals surface area contributed by atoms with Crippen molar-refractivity contribution in [1.29, 1.82) is 0 Å². The van der Waals surface area contributed by atoms with Gasteiger partial charge in [-0.05, 0) is 25.8 Å². The number of hydrogen-bond donors (Lipinski definition) is 0. The minimum atomic E-state index is 1.07. The number of rotatable bonds is 4. The fraction of sp³-hybridized carbons (Fsp3) is 0.333. The number of allylic oxidation sites excluding steroid dienone is 6. The maximum Gasteiger partial charge on any atom is -0.0271 e. The summed E-state index contributed by atoms with van der Waals surface area (Å²) in [6.45, 7) is 13.8. The lowest BCUT2D eigenvalue weighted by Gasteiger charge is -2.01. The van der Waals surface area contributed by atoms with E-state index < -0.39 is 0 Å². The zero-order valence-corrected chi connectivity index (χ0v) is 8.35. The fourth-order valence-corrected chi connectivity index (χ4v) is 0.865. The highest BCUT2D eigenvalue weighted by atomic mass is 14.0. The van der Waals surface area contributed by atoms with Crippen LogP contribution in [0.25, 0.3) is 0 Å². The molecule has 0 N–H and O–H groups in total. The highest BCUT2D eigenvalue weighted by molar-refractivity contribution is 5.38. The Hall–Kier alpha value is -1.04. The maximum absolute atomic E-state index is 3.78. The molecule has 0 rings (SSSR count). The first-order chi connectivity index (χ1) is 5.65. The predicted octanol–water partition coefficient (Wildman–Crippen LogP) is 4.03. The van der Waals surface area contributed by atoms with Crippen molar-refractivity contribution in [3.05, 3.63) is 48.1 Å². The van der Waals surface area contributed by atoms with Gasteiger partial charge in [-0.15, -0.1) is 0 Å². The van der Waals surface area contributed by atoms with E-state index in [0.29, 0.717) is 0 Å². The van der Waals surface area contributed by atoms with Gasteiger partial charge in [0.25, 0.3) is 0 Å². The Bertz CT molecular complexity index is 226. The standard InChI is InChI=1S/C12H18/c1-6-10(4)9-12(8-3)11(5)7-2/h6,8-9H,1,3,7H2,2,4-5H3/b10-9-,12-11+. The first-order valence-corrected chi connectivity index (χ1v) is 4.28. The summed E-state index contributed by atoms with van der Waals surface area (Å²) >= 11 is 0. The molecule has 0 heterocycles. The van der Waals surface area contributed by atoms with Crippen LogP contribution in [0.15, 0.2) is 48.1 Å². The predicted molar refractivity (Wildman–Crippen MR) is 57.1 cm³/mol. The smallest absolute Gasteiger partial charge is 0.0271 e. The third-order valence-corrected chi connectivity index (χ3v) is 1.95. The molecule has 0 heteroatoms. The van der Waals surface area contributed by atoms with Crippen LogP contribution in [0.5, 0.6) is 0 Å². The van der Waals surface area contributed by atoms with Gasteiger partial charge in [0.2, 0.25) is 0 Å². The largest absolute Gasteiger partial charge is 0.0988 e. The summed E-state index contributed by atoms with van der Waals surface area (Å²) in [5, 5.41) is 0. The zero-order chi connectivity index (χ0) is 9.56. The Kier molecular flexibility index (Phi) is 5.11. The van der Waals surface area contributed by atoms with Crippen LogP contribution >= 0.6 is 0 Å². The van der Waals surface area contributed by atoms with Crippen molar-refractivity contribution in [2.45, 2.75) is 27.2 Å². The molecule has 0 bridgehead atoms. The van der Waals surface area contributed by atoms with Crippen LogP contribution in [-0.2, 0) is 0 Å². The lowest BCUT2D eigenvalue weighted by molar-refractivity contribution is 1.08. The summed E-state index contributed by atoms with van der Waals surface area (Å²) in [5.41, 5.74) is 3.76. The SMILES string of the molecule is C=C/C(C)=C\C(C=C)=C(/C)CC. The van der Waals surface area contributed by atoms with E-state index in [1.165, 1.54) is 16.7 Å². The molecule has 0 aromatic carbocycles. The van der Waals surface area contributed by atoms with Crippen molar-refractivity contribution in [1.82, 2.24) is 0 Å². The van der Waals surface area contributed by atoms with Crippen molar-refractivity contribution in [3.63, 3.8) is 0 Å². The molecule has 0 saturated carbocycles. The third kappa shape index (κ3) is 3.38. The van der Waals surface area contributed by atoms with E-state index in [4.69, 9.17) is 0 Å². The molecule has 0 fully saturated rings. The summed E-state index contributed by atoms with van der Waals surface area (Å²) in [7, 11) is 0. The Labute approximate surface area is 76.0 Å². The van der Waals surface area contributed by atoms with Gasteiger partial charge in [-0.3, -0.25) is 0 Å². The second-order valence-electron chi connectivity index (χ2n) is 2.89. The quantitative estimate of drug-likeness (QED) is 0.547. The molecule has 0 spiro atoms. The first-order valence-electron chi connectivity index (χ1n) is 4.28. The minimum Gasteiger partial charge on any atom is -0.0988 e. The summed E-state index contributed by atoms with van der Waals surface area (Å²) in [4.78, 5) is 0. The van der Waals surface area contributed by atoms with Crippen LogP contribution in [0.4, 0.5) is 0 Å². The van der Waals surface area contributed by atoms with E-state index in [-0.39, 0.29) is 0 Å². The van der Waals surface area contributed by atoms with Crippen molar-refractivity contribution < 1.29 is 0 Å². The third-order valence-electron chi connectivity index (χ3n) is 1.95. The molecule has 0 radical (unpaired) electrons. The van der Waals surface area contributed by atoms with Crippen LogP contribution in [0, 0.1) is 0 Å². The molecule has 0 atom stereocenters. The monoisotopic (exact) mass is 162 g/mol. The van der Waals surface area contributed by atoms with Crippen molar-refractivity contribution in [3.8, 4) is 0 Å². The molecule has 0 aromatic heterocycles. The van der Waals surface area contributed by atoms with E-state index in [9.17, 15) is 0 Å². The highest BCUT2D eigenvalue weighted by Gasteiger charge is 1.92. The average molecular weight is 162 g/mol. The normalized spacial score (nSPS) is 13.8. The molecule has 0 nitrogen and oxygen atoms in total. The van der Waals surface area contributed by atoms with Gasteiger partial charge in [0.15, 0.2) is 0 Å². The van der Waals surface area contributed by atoms with Crippen LogP contribution in [0.2, 0.25) is 0 Å². The van der Waals surface area contributed by atoms with Gasteiger partial charge in [-0.25, -0.2) is 0 Å². The molecule has 0 saturated heterocycles. The summed E-state index contributed by atoms with van der Waals surface area (Å²) in [5.74, 6) is 0. The lowest BCUT2D eigenvalue weighted by atomic mass is 10.1. The average Bonchev–Trinajstić information content (AvgIpc) is 2.12. The van der Waals surface area contributed by atoms with Crippen LogP contribution in [0.1, 0.15) is 27.2 Å². The van der Waals surface area contributed by atoms with Crippen LogP contribution < -0.4 is 0 Å². The summed E-state index contributed by atoms with van der Waals surface area (Å²) in [6, 6.07) is 0. The molecule has 0 aliphatic heterocycles. The molecule has 0 aliphatic rings. The topological polar surface area (TPSA) is 0 Å². The van der Waals surface area contributed by atoms with E-state index in [1.807, 2.05) is 19.1 Å². The Morgan fingerprint density at radius 1 is 1.17 bits per heavy atom. The Morgan fingerprint density at radius 3 is 2.08 bits per heavy atom. The first kappa shape index (κ1) is 11.0. The van der Waals surface area contributed by atoms with Gasteiger partial charge < -0.3 is 0 Å². The molecule has 0 unspecified atom stereocenters. The maximum atomic E-state index is 3.78. The molecular formula is C12H18. The number of hydrogen-bond acceptors (Lipinski definition) is 0. The second kappa shape index (κ2) is 5.59. The van der Waals surface area contributed by atoms with Crippen molar-refractivity contribution in [2.24, 2.45) is 0 Å². The second-order valence-corrected chi connectivity index (χ2v) is 2.89. The van der Waals surface area contributed by atoms with E-state index in [1.54, 1.807) is 0 Å². The van der Waals surface area contributed by atoms with Gasteiger partial charge in [0.1, 0.15) is 0 Å². The molecule has 66 valence electrons. The fourth-order valence-electron chi connectivity index (χ4n) is 0.865. The lowest BCUT2D eigenvalue weighted by Crippen LogP contribution is -1.81. The van der Waals surface area contributed by atoms with Gasteiger partial charge in [-0.2, -0.15) is 0 Å². The summed E-state index contributed by atoms with van der Waals surface area (Å²) in [6.07, 6.45) is 6.93. The minimum absolute atomic E-state index is 1.07. The highest BCUT2D eigenvalue weighted by Crippen LogP contribution is 2.12. The van der Waals surface area contributed by atoms with Crippen molar-refractivity contribution >= 4 is 0 Å². The van der Waals surface area contributed by atoms with E-state index in [0.717, 1.165) is 6.42 Å². The van der Waals surface area contributed by atoms with Gasteiger partial charge >= 0.3 is 0 Å². The molecule has 0 aliphatic carbocycles. The molecule has 0 aromatic rings. The molecular weight excluding hydrogens is 144 g/mol. The Morgan fingerprint density at radius 2 is 1.75 bits per heavy atom. The van der Waals surface area contributed by atoms with Gasteiger partial charge in [-0.1, -0.05) is 49.5 Å². The van der Waals surface area contributed by atoms with Gasteiger partial charge in [0, 0.05) is 0 Å². The summed E-state index contributed by atoms with van der Waals surface area (Å²) < 4.78 is 0. The molecule has 12 heavy (non-hydrogen) atoms. The Balaban J connectivity index is 4.81. The van der Waals surface area contributed by atoms with Crippen molar-refractivity contribution in [2.75, 3.05) is 0 Å². The van der Waals surface area contributed by atoms with E-state index in [2.05, 4.69) is 33.1 Å². The van der Waals surface area contributed by atoms with Crippen LogP contribution in [0.3, 0.4) is 0 Å². The van der Waals surface area contributed by atoms with E-state index >= 15 is 0 Å².